The van der Waals surface area contributed by atoms with Gasteiger partial charge >= 0.3 is 6.09 Å². The summed E-state index contributed by atoms with van der Waals surface area (Å²) in [5.74, 6) is 1.52. The van der Waals surface area contributed by atoms with Crippen molar-refractivity contribution in [3.8, 4) is 11.5 Å². The van der Waals surface area contributed by atoms with Gasteiger partial charge in [-0.3, -0.25) is 0 Å². The molecule has 1 fully saturated rings. The summed E-state index contributed by atoms with van der Waals surface area (Å²) in [7, 11) is 1.66. The van der Waals surface area contributed by atoms with Crippen LogP contribution in [0.25, 0.3) is 0 Å². The zero-order valence-electron chi connectivity index (χ0n) is 15.7. The van der Waals surface area contributed by atoms with Gasteiger partial charge in [-0.15, -0.1) is 0 Å². The first kappa shape index (κ1) is 19.4. The average Bonchev–Trinajstić information content (AvgIpc) is 2.61. The van der Waals surface area contributed by atoms with Crippen LogP contribution in [-0.4, -0.2) is 49.9 Å². The Bertz CT molecular complexity index is 554. The van der Waals surface area contributed by atoms with Crippen LogP contribution < -0.4 is 14.8 Å². The highest BCUT2D eigenvalue weighted by Gasteiger charge is 2.23. The van der Waals surface area contributed by atoms with Gasteiger partial charge in [0.2, 0.25) is 0 Å². The Morgan fingerprint density at radius 2 is 2.00 bits per heavy atom. The molecule has 0 unspecified atom stereocenters. The molecule has 0 atom stereocenters. The number of nitrogens with zero attached hydrogens (tertiary/aromatic N) is 1. The van der Waals surface area contributed by atoms with Gasteiger partial charge in [0, 0.05) is 25.7 Å². The van der Waals surface area contributed by atoms with Crippen molar-refractivity contribution in [2.45, 2.75) is 52.3 Å². The molecule has 0 saturated carbocycles. The highest BCUT2D eigenvalue weighted by atomic mass is 16.6. The molecule has 1 aliphatic heterocycles. The zero-order valence-corrected chi connectivity index (χ0v) is 15.7. The Labute approximate surface area is 150 Å². The number of amides is 1. The Morgan fingerprint density at radius 1 is 1.28 bits per heavy atom. The molecule has 1 aliphatic rings. The zero-order chi connectivity index (χ0) is 18.2. The number of carbonyl (C=O) groups is 1. The fourth-order valence-electron chi connectivity index (χ4n) is 2.92. The van der Waals surface area contributed by atoms with Crippen LogP contribution >= 0.6 is 0 Å². The van der Waals surface area contributed by atoms with Crippen LogP contribution in [0.4, 0.5) is 4.79 Å². The first-order valence-corrected chi connectivity index (χ1v) is 9.02. The second-order valence-corrected chi connectivity index (χ2v) is 6.49. The molecule has 0 aromatic heterocycles. The number of piperidine rings is 1. The smallest absolute Gasteiger partial charge is 0.409 e. The summed E-state index contributed by atoms with van der Waals surface area (Å²) in [4.78, 5) is 13.5. The largest absolute Gasteiger partial charge is 0.493 e. The number of nitrogens with one attached hydrogen (secondary N) is 1. The Balaban J connectivity index is 1.83. The third-order valence-electron chi connectivity index (χ3n) is 4.21. The van der Waals surface area contributed by atoms with E-state index in [2.05, 4.69) is 11.4 Å². The van der Waals surface area contributed by atoms with Crippen LogP contribution in [0, 0.1) is 0 Å². The van der Waals surface area contributed by atoms with Gasteiger partial charge in [0.05, 0.1) is 19.8 Å². The van der Waals surface area contributed by atoms with E-state index in [1.807, 2.05) is 32.9 Å². The maximum Gasteiger partial charge on any atom is 0.409 e. The van der Waals surface area contributed by atoms with Crippen LogP contribution in [0.1, 0.15) is 39.2 Å². The van der Waals surface area contributed by atoms with Crippen molar-refractivity contribution in [3.05, 3.63) is 23.8 Å². The monoisotopic (exact) mass is 350 g/mol. The SMILES string of the molecule is CCOC(=O)N1CCC(NCc2ccc(OC(C)C)c(OC)c2)CC1. The lowest BCUT2D eigenvalue weighted by Gasteiger charge is -2.31. The van der Waals surface area contributed by atoms with Crippen molar-refractivity contribution in [2.75, 3.05) is 26.8 Å². The lowest BCUT2D eigenvalue weighted by atomic mass is 10.0. The summed E-state index contributed by atoms with van der Waals surface area (Å²) in [6.07, 6.45) is 1.78. The van der Waals surface area contributed by atoms with E-state index in [1.165, 1.54) is 0 Å². The minimum absolute atomic E-state index is 0.113. The summed E-state index contributed by atoms with van der Waals surface area (Å²) in [5.41, 5.74) is 1.15. The molecule has 1 N–H and O–H groups in total. The molecular weight excluding hydrogens is 320 g/mol. The first-order chi connectivity index (χ1) is 12.0. The van der Waals surface area contributed by atoms with Gasteiger partial charge in [0.15, 0.2) is 11.5 Å². The van der Waals surface area contributed by atoms with E-state index < -0.39 is 0 Å². The van der Waals surface area contributed by atoms with Gasteiger partial charge in [-0.2, -0.15) is 0 Å². The summed E-state index contributed by atoms with van der Waals surface area (Å²) in [6.45, 7) is 8.49. The van der Waals surface area contributed by atoms with Crippen molar-refractivity contribution >= 4 is 6.09 Å². The minimum atomic E-state index is -0.202. The van der Waals surface area contributed by atoms with Gasteiger partial charge in [0.25, 0.3) is 0 Å². The number of likely N-dealkylation sites (tertiary alicyclic amines) is 1. The molecule has 0 bridgehead atoms. The Kier molecular flexibility index (Phi) is 7.37. The van der Waals surface area contributed by atoms with Crippen molar-refractivity contribution in [3.63, 3.8) is 0 Å². The third kappa shape index (κ3) is 5.81. The minimum Gasteiger partial charge on any atom is -0.493 e. The van der Waals surface area contributed by atoms with Crippen LogP contribution in [-0.2, 0) is 11.3 Å². The highest BCUT2D eigenvalue weighted by Crippen LogP contribution is 2.29. The summed E-state index contributed by atoms with van der Waals surface area (Å²) in [5, 5.41) is 3.57. The molecule has 25 heavy (non-hydrogen) atoms. The normalized spacial score (nSPS) is 15.3. The molecular formula is C19H30N2O4. The maximum absolute atomic E-state index is 11.7. The van der Waals surface area contributed by atoms with E-state index in [9.17, 15) is 4.79 Å². The van der Waals surface area contributed by atoms with E-state index in [0.29, 0.717) is 12.6 Å². The molecule has 0 aliphatic carbocycles. The predicted octanol–water partition coefficient (Wildman–Crippen LogP) is 3.19. The maximum atomic E-state index is 11.7. The molecule has 6 heteroatoms. The standard InChI is InChI=1S/C19H30N2O4/c1-5-24-19(22)21-10-8-16(9-11-21)20-13-15-6-7-17(25-14(2)3)18(12-15)23-4/h6-7,12,14,16,20H,5,8-11,13H2,1-4H3. The molecule has 1 aromatic rings. The van der Waals surface area contributed by atoms with Gasteiger partial charge in [-0.1, -0.05) is 6.07 Å². The van der Waals surface area contributed by atoms with Gasteiger partial charge in [-0.25, -0.2) is 4.79 Å². The summed E-state index contributed by atoms with van der Waals surface area (Å²) < 4.78 is 16.2. The molecule has 140 valence electrons. The number of ether oxygens (including phenoxy) is 3. The van der Waals surface area contributed by atoms with Crippen molar-refractivity contribution in [1.29, 1.82) is 0 Å². The van der Waals surface area contributed by atoms with E-state index in [-0.39, 0.29) is 12.2 Å². The number of rotatable bonds is 7. The van der Waals surface area contributed by atoms with Crippen molar-refractivity contribution in [1.82, 2.24) is 10.2 Å². The summed E-state index contributed by atoms with van der Waals surface area (Å²) >= 11 is 0. The van der Waals surface area contributed by atoms with Crippen LogP contribution in [0.2, 0.25) is 0 Å². The lowest BCUT2D eigenvalue weighted by molar-refractivity contribution is 0.0950. The number of hydrogen-bond acceptors (Lipinski definition) is 5. The van der Waals surface area contributed by atoms with Gasteiger partial charge < -0.3 is 24.4 Å². The first-order valence-electron chi connectivity index (χ1n) is 9.02. The molecule has 1 saturated heterocycles. The van der Waals surface area contributed by atoms with Crippen molar-refractivity contribution < 1.29 is 19.0 Å². The van der Waals surface area contributed by atoms with E-state index in [1.54, 1.807) is 12.0 Å². The van der Waals surface area contributed by atoms with Crippen LogP contribution in [0.15, 0.2) is 18.2 Å². The fraction of sp³-hybridized carbons (Fsp3) is 0.632. The number of hydrogen-bond donors (Lipinski definition) is 1. The molecule has 2 rings (SSSR count). The van der Waals surface area contributed by atoms with E-state index in [0.717, 1.165) is 49.5 Å². The highest BCUT2D eigenvalue weighted by molar-refractivity contribution is 5.67. The Hall–Kier alpha value is -1.95. The molecule has 6 nitrogen and oxygen atoms in total. The molecule has 1 aromatic carbocycles. The van der Waals surface area contributed by atoms with E-state index >= 15 is 0 Å². The van der Waals surface area contributed by atoms with E-state index in [4.69, 9.17) is 14.2 Å². The molecule has 0 radical (unpaired) electrons. The van der Waals surface area contributed by atoms with Crippen molar-refractivity contribution in [2.24, 2.45) is 0 Å². The van der Waals surface area contributed by atoms with Gasteiger partial charge in [-0.05, 0) is 51.3 Å². The molecule has 0 spiro atoms. The average molecular weight is 350 g/mol. The second-order valence-electron chi connectivity index (χ2n) is 6.49. The molecule has 1 heterocycles. The quantitative estimate of drug-likeness (QED) is 0.818. The van der Waals surface area contributed by atoms with Crippen LogP contribution in [0.3, 0.4) is 0 Å². The molecule has 1 amide bonds. The number of methoxy groups -OCH3 is 1. The fourth-order valence-corrected chi connectivity index (χ4v) is 2.92. The second kappa shape index (κ2) is 9.51. The number of benzene rings is 1. The number of carbonyl (C=O) groups excluding carboxylic acids is 1. The third-order valence-corrected chi connectivity index (χ3v) is 4.21. The lowest BCUT2D eigenvalue weighted by Crippen LogP contribution is -2.44. The predicted molar refractivity (Wildman–Crippen MR) is 97.2 cm³/mol. The van der Waals surface area contributed by atoms with Gasteiger partial charge in [0.1, 0.15) is 0 Å². The Morgan fingerprint density at radius 3 is 2.60 bits per heavy atom. The topological polar surface area (TPSA) is 60.0 Å². The van der Waals surface area contributed by atoms with Crippen LogP contribution in [0.5, 0.6) is 11.5 Å². The summed E-state index contributed by atoms with van der Waals surface area (Å²) in [6, 6.07) is 6.43.